The largest absolute Gasteiger partial charge is 0.497 e. The predicted molar refractivity (Wildman–Crippen MR) is 122 cm³/mol. The molecule has 0 spiro atoms. The minimum Gasteiger partial charge on any atom is -0.497 e. The molecule has 0 unspecified atom stereocenters. The molecule has 2 aromatic carbocycles. The van der Waals surface area contributed by atoms with Gasteiger partial charge in [-0.2, -0.15) is 4.98 Å². The van der Waals surface area contributed by atoms with Gasteiger partial charge >= 0.3 is 0 Å². The predicted octanol–water partition coefficient (Wildman–Crippen LogP) is 4.10. The molecule has 168 valence electrons. The number of hydrogen-bond donors (Lipinski definition) is 1. The average Bonchev–Trinajstić information content (AvgIpc) is 3.25. The van der Waals surface area contributed by atoms with Crippen LogP contribution in [0.5, 0.6) is 23.1 Å². The third kappa shape index (κ3) is 5.65. The molecule has 0 aliphatic carbocycles. The Kier molecular flexibility index (Phi) is 6.49. The number of aryl methyl sites for hydroxylation is 2. The molecular formula is C24H23N5O4. The SMILES string of the molecule is COc1ccc(OCC(=O)Nc2ccc(Oc3cc(-n4ccnc4C)nc(C)n3)cc2)cc1. The number of methoxy groups -OCH3 is 1. The van der Waals surface area contributed by atoms with Crippen LogP contribution in [0.1, 0.15) is 11.6 Å². The van der Waals surface area contributed by atoms with Gasteiger partial charge in [0, 0.05) is 24.1 Å². The maximum Gasteiger partial charge on any atom is 0.262 e. The first-order valence-corrected chi connectivity index (χ1v) is 10.2. The highest BCUT2D eigenvalue weighted by molar-refractivity contribution is 5.91. The van der Waals surface area contributed by atoms with Gasteiger partial charge in [0.05, 0.1) is 7.11 Å². The van der Waals surface area contributed by atoms with Crippen LogP contribution >= 0.6 is 0 Å². The molecule has 4 aromatic rings. The number of carbonyl (C=O) groups excluding carboxylic acids is 1. The molecule has 0 atom stereocenters. The summed E-state index contributed by atoms with van der Waals surface area (Å²) in [5.41, 5.74) is 0.624. The molecule has 9 heteroatoms. The molecule has 1 N–H and O–H groups in total. The second-order valence-electron chi connectivity index (χ2n) is 7.09. The summed E-state index contributed by atoms with van der Waals surface area (Å²) in [7, 11) is 1.59. The highest BCUT2D eigenvalue weighted by Crippen LogP contribution is 2.23. The molecular weight excluding hydrogens is 422 g/mol. The monoisotopic (exact) mass is 445 g/mol. The van der Waals surface area contributed by atoms with Crippen molar-refractivity contribution in [1.82, 2.24) is 19.5 Å². The number of aromatic nitrogens is 4. The minimum atomic E-state index is -0.272. The van der Waals surface area contributed by atoms with E-state index in [1.165, 1.54) is 0 Å². The lowest BCUT2D eigenvalue weighted by Crippen LogP contribution is -2.20. The summed E-state index contributed by atoms with van der Waals surface area (Å²) < 4.78 is 18.3. The number of benzene rings is 2. The maximum atomic E-state index is 12.2. The molecule has 0 fully saturated rings. The fraction of sp³-hybridized carbons (Fsp3) is 0.167. The Morgan fingerprint density at radius 3 is 2.33 bits per heavy atom. The van der Waals surface area contributed by atoms with Crippen LogP contribution in [0.15, 0.2) is 67.0 Å². The molecule has 2 aromatic heterocycles. The van der Waals surface area contributed by atoms with Crippen molar-refractivity contribution in [1.29, 1.82) is 0 Å². The van der Waals surface area contributed by atoms with E-state index in [1.54, 1.807) is 74.8 Å². The Morgan fingerprint density at radius 2 is 1.67 bits per heavy atom. The van der Waals surface area contributed by atoms with Crippen LogP contribution in [-0.4, -0.2) is 39.1 Å². The van der Waals surface area contributed by atoms with E-state index in [2.05, 4.69) is 20.3 Å². The normalized spacial score (nSPS) is 10.5. The summed E-state index contributed by atoms with van der Waals surface area (Å²) in [5, 5.41) is 2.79. The molecule has 0 radical (unpaired) electrons. The van der Waals surface area contributed by atoms with Crippen molar-refractivity contribution in [2.24, 2.45) is 0 Å². The summed E-state index contributed by atoms with van der Waals surface area (Å²) >= 11 is 0. The van der Waals surface area contributed by atoms with Gasteiger partial charge in [0.2, 0.25) is 5.88 Å². The molecule has 0 saturated heterocycles. The summed E-state index contributed by atoms with van der Waals surface area (Å²) in [5.74, 6) is 4.09. The first-order chi connectivity index (χ1) is 16.0. The number of anilines is 1. The van der Waals surface area contributed by atoms with Crippen molar-refractivity contribution >= 4 is 11.6 Å². The first-order valence-electron chi connectivity index (χ1n) is 10.2. The minimum absolute atomic E-state index is 0.110. The van der Waals surface area contributed by atoms with Crippen molar-refractivity contribution in [3.8, 4) is 28.9 Å². The van der Waals surface area contributed by atoms with Crippen molar-refractivity contribution in [2.45, 2.75) is 13.8 Å². The molecule has 0 aliphatic rings. The van der Waals surface area contributed by atoms with E-state index in [0.717, 1.165) is 11.6 Å². The number of hydrogen-bond acceptors (Lipinski definition) is 7. The van der Waals surface area contributed by atoms with E-state index in [0.29, 0.717) is 34.7 Å². The van der Waals surface area contributed by atoms with Crippen molar-refractivity contribution in [3.63, 3.8) is 0 Å². The van der Waals surface area contributed by atoms with Crippen LogP contribution in [0, 0.1) is 13.8 Å². The number of carbonyl (C=O) groups is 1. The Bertz CT molecular complexity index is 1240. The van der Waals surface area contributed by atoms with Gasteiger partial charge in [-0.25, -0.2) is 9.97 Å². The van der Waals surface area contributed by atoms with Gasteiger partial charge in [-0.1, -0.05) is 0 Å². The number of nitrogens with zero attached hydrogens (tertiary/aromatic N) is 4. The number of amides is 1. The molecule has 0 bridgehead atoms. The summed E-state index contributed by atoms with van der Waals surface area (Å²) in [6.07, 6.45) is 3.54. The third-order valence-electron chi connectivity index (χ3n) is 4.66. The van der Waals surface area contributed by atoms with Gasteiger partial charge in [-0.3, -0.25) is 9.36 Å². The zero-order chi connectivity index (χ0) is 23.2. The quantitative estimate of drug-likeness (QED) is 0.436. The van der Waals surface area contributed by atoms with Crippen LogP contribution in [0.4, 0.5) is 5.69 Å². The standard InChI is InChI=1S/C24H23N5O4/c1-16-26-22(29-13-12-25-17(29)2)14-24(27-16)33-21-6-4-18(5-7-21)28-23(30)15-32-20-10-8-19(31-3)9-11-20/h4-14H,15H2,1-3H3,(H,28,30). The van der Waals surface area contributed by atoms with E-state index in [-0.39, 0.29) is 12.5 Å². The van der Waals surface area contributed by atoms with E-state index in [4.69, 9.17) is 14.2 Å². The van der Waals surface area contributed by atoms with Gasteiger partial charge in [-0.15, -0.1) is 0 Å². The zero-order valence-electron chi connectivity index (χ0n) is 18.5. The highest BCUT2D eigenvalue weighted by atomic mass is 16.5. The van der Waals surface area contributed by atoms with Gasteiger partial charge in [0.1, 0.15) is 34.7 Å². The van der Waals surface area contributed by atoms with Crippen LogP contribution < -0.4 is 19.5 Å². The molecule has 33 heavy (non-hydrogen) atoms. The highest BCUT2D eigenvalue weighted by Gasteiger charge is 2.09. The summed E-state index contributed by atoms with van der Waals surface area (Å²) in [4.78, 5) is 25.2. The first kappa shape index (κ1) is 21.8. The molecule has 9 nitrogen and oxygen atoms in total. The van der Waals surface area contributed by atoms with Crippen LogP contribution in [0.25, 0.3) is 5.82 Å². The fourth-order valence-corrected chi connectivity index (χ4v) is 3.07. The van der Waals surface area contributed by atoms with E-state index in [9.17, 15) is 4.79 Å². The van der Waals surface area contributed by atoms with Crippen molar-refractivity contribution < 1.29 is 19.0 Å². The Morgan fingerprint density at radius 1 is 0.970 bits per heavy atom. The summed E-state index contributed by atoms with van der Waals surface area (Å²) in [6.45, 7) is 3.59. The maximum absolute atomic E-state index is 12.2. The van der Waals surface area contributed by atoms with E-state index >= 15 is 0 Å². The van der Waals surface area contributed by atoms with Gasteiger partial charge in [0.15, 0.2) is 6.61 Å². The molecule has 4 rings (SSSR count). The number of rotatable bonds is 8. The van der Waals surface area contributed by atoms with Crippen LogP contribution in [-0.2, 0) is 4.79 Å². The lowest BCUT2D eigenvalue weighted by molar-refractivity contribution is -0.118. The van der Waals surface area contributed by atoms with Gasteiger partial charge in [-0.05, 0) is 62.4 Å². The van der Waals surface area contributed by atoms with Crippen LogP contribution in [0.2, 0.25) is 0 Å². The second kappa shape index (κ2) is 9.82. The molecule has 2 heterocycles. The third-order valence-corrected chi connectivity index (χ3v) is 4.66. The van der Waals surface area contributed by atoms with Gasteiger partial charge < -0.3 is 19.5 Å². The van der Waals surface area contributed by atoms with E-state index < -0.39 is 0 Å². The van der Waals surface area contributed by atoms with Crippen molar-refractivity contribution in [2.75, 3.05) is 19.0 Å². The Labute approximate surface area is 191 Å². The van der Waals surface area contributed by atoms with E-state index in [1.807, 2.05) is 17.7 Å². The number of ether oxygens (including phenoxy) is 3. The van der Waals surface area contributed by atoms with Crippen molar-refractivity contribution in [3.05, 3.63) is 78.6 Å². The number of nitrogens with one attached hydrogen (secondary N) is 1. The summed E-state index contributed by atoms with van der Waals surface area (Å²) in [6, 6.07) is 15.8. The second-order valence-corrected chi connectivity index (χ2v) is 7.09. The molecule has 1 amide bonds. The fourth-order valence-electron chi connectivity index (χ4n) is 3.07. The topological polar surface area (TPSA) is 100 Å². The Balaban J connectivity index is 1.35. The Hall–Kier alpha value is -4.40. The lowest BCUT2D eigenvalue weighted by atomic mass is 10.3. The van der Waals surface area contributed by atoms with Gasteiger partial charge in [0.25, 0.3) is 5.91 Å². The molecule has 0 saturated carbocycles. The number of imidazole rings is 1. The van der Waals surface area contributed by atoms with Crippen LogP contribution in [0.3, 0.4) is 0 Å². The average molecular weight is 445 g/mol. The smallest absolute Gasteiger partial charge is 0.262 e. The lowest BCUT2D eigenvalue weighted by Gasteiger charge is -2.10. The molecule has 0 aliphatic heterocycles. The zero-order valence-corrected chi connectivity index (χ0v) is 18.5.